The number of carbonyl (C=O) groups is 1. The number of unbranched alkanes of at least 4 members (excludes halogenated alkanes) is 4. The zero-order valence-electron chi connectivity index (χ0n) is 14.6. The maximum absolute atomic E-state index is 11.8. The summed E-state index contributed by atoms with van der Waals surface area (Å²) in [5, 5.41) is 26.6. The molecule has 0 saturated carbocycles. The molecule has 0 aliphatic rings. The lowest BCUT2D eigenvalue weighted by Gasteiger charge is -2.15. The SMILES string of the molecule is CC(=O)c1cc(CO)c(OCCCCC#N)cc1OCCCCC#N. The molecule has 0 amide bonds. The summed E-state index contributed by atoms with van der Waals surface area (Å²) in [6, 6.07) is 7.39. The Kier molecular flexibility index (Phi) is 9.74. The number of nitriles is 2. The summed E-state index contributed by atoms with van der Waals surface area (Å²) in [7, 11) is 0. The van der Waals surface area contributed by atoms with Gasteiger partial charge in [0, 0.05) is 24.5 Å². The molecule has 0 aliphatic carbocycles. The Morgan fingerprint density at radius 2 is 1.56 bits per heavy atom. The van der Waals surface area contributed by atoms with Crippen LogP contribution in [0.25, 0.3) is 0 Å². The van der Waals surface area contributed by atoms with Crippen LogP contribution in [0.5, 0.6) is 11.5 Å². The minimum absolute atomic E-state index is 0.151. The minimum Gasteiger partial charge on any atom is -0.493 e. The molecule has 1 rings (SSSR count). The highest BCUT2D eigenvalue weighted by Crippen LogP contribution is 2.30. The number of nitrogens with zero attached hydrogens (tertiary/aromatic N) is 2. The molecule has 0 heterocycles. The molecule has 25 heavy (non-hydrogen) atoms. The number of hydrogen-bond donors (Lipinski definition) is 1. The van der Waals surface area contributed by atoms with Crippen molar-refractivity contribution in [1.82, 2.24) is 0 Å². The molecule has 0 bridgehead atoms. The van der Waals surface area contributed by atoms with Crippen LogP contribution in [-0.4, -0.2) is 24.1 Å². The summed E-state index contributed by atoms with van der Waals surface area (Å²) in [6.07, 6.45) is 3.90. The molecule has 0 aliphatic heterocycles. The highest BCUT2D eigenvalue weighted by Gasteiger charge is 2.15. The Bertz CT molecular complexity index is 644. The first kappa shape index (κ1) is 20.5. The van der Waals surface area contributed by atoms with Gasteiger partial charge in [0.25, 0.3) is 0 Å². The summed E-state index contributed by atoms with van der Waals surface area (Å²) in [4.78, 5) is 11.8. The van der Waals surface area contributed by atoms with Gasteiger partial charge in [0.15, 0.2) is 5.78 Å². The van der Waals surface area contributed by atoms with Gasteiger partial charge in [-0.15, -0.1) is 0 Å². The van der Waals surface area contributed by atoms with E-state index in [0.29, 0.717) is 48.7 Å². The molecule has 1 N–H and O–H groups in total. The molecule has 134 valence electrons. The van der Waals surface area contributed by atoms with E-state index in [1.165, 1.54) is 6.92 Å². The number of ether oxygens (including phenoxy) is 2. The fraction of sp³-hybridized carbons (Fsp3) is 0.526. The van der Waals surface area contributed by atoms with Gasteiger partial charge < -0.3 is 14.6 Å². The van der Waals surface area contributed by atoms with Crippen molar-refractivity contribution in [3.63, 3.8) is 0 Å². The zero-order chi connectivity index (χ0) is 18.5. The molecule has 0 saturated heterocycles. The summed E-state index contributed by atoms with van der Waals surface area (Å²) in [5.41, 5.74) is 0.934. The van der Waals surface area contributed by atoms with Gasteiger partial charge in [0.1, 0.15) is 11.5 Å². The van der Waals surface area contributed by atoms with Gasteiger partial charge in [0.2, 0.25) is 0 Å². The van der Waals surface area contributed by atoms with Gasteiger partial charge in [-0.1, -0.05) is 0 Å². The van der Waals surface area contributed by atoms with E-state index in [1.54, 1.807) is 12.1 Å². The van der Waals surface area contributed by atoms with E-state index in [0.717, 1.165) is 25.7 Å². The van der Waals surface area contributed by atoms with Gasteiger partial charge in [-0.3, -0.25) is 4.79 Å². The Labute approximate surface area is 148 Å². The number of hydrogen-bond acceptors (Lipinski definition) is 6. The standard InChI is InChI=1S/C19H24N2O4/c1-15(23)17-12-16(14-22)18(24-10-6-2-4-8-20)13-19(17)25-11-7-3-5-9-21/h12-13,22H,2-7,10-11,14H2,1H3. The van der Waals surface area contributed by atoms with Crippen molar-refractivity contribution in [2.24, 2.45) is 0 Å². The first-order chi connectivity index (χ1) is 12.1. The second-order valence-corrected chi connectivity index (χ2v) is 5.60. The van der Waals surface area contributed by atoms with Crippen LogP contribution in [0, 0.1) is 22.7 Å². The van der Waals surface area contributed by atoms with Crippen molar-refractivity contribution in [2.45, 2.75) is 52.1 Å². The van der Waals surface area contributed by atoms with E-state index in [2.05, 4.69) is 12.1 Å². The van der Waals surface area contributed by atoms with Crippen LogP contribution >= 0.6 is 0 Å². The maximum Gasteiger partial charge on any atom is 0.163 e. The number of Topliss-reactive ketones (excluding diaryl/α,β-unsaturated/α-hetero) is 1. The van der Waals surface area contributed by atoms with Crippen LogP contribution < -0.4 is 9.47 Å². The molecule has 0 unspecified atom stereocenters. The molecule has 0 radical (unpaired) electrons. The third-order valence-corrected chi connectivity index (χ3v) is 3.59. The molecule has 0 atom stereocenters. The van der Waals surface area contributed by atoms with Crippen LogP contribution in [-0.2, 0) is 6.61 Å². The number of carbonyl (C=O) groups excluding carboxylic acids is 1. The van der Waals surface area contributed by atoms with Gasteiger partial charge >= 0.3 is 0 Å². The third-order valence-electron chi connectivity index (χ3n) is 3.59. The van der Waals surface area contributed by atoms with E-state index < -0.39 is 0 Å². The first-order valence-corrected chi connectivity index (χ1v) is 8.42. The summed E-state index contributed by atoms with van der Waals surface area (Å²) in [5.74, 6) is 0.757. The molecular formula is C19H24N2O4. The topological polar surface area (TPSA) is 103 Å². The lowest BCUT2D eigenvalue weighted by Crippen LogP contribution is -2.07. The van der Waals surface area contributed by atoms with E-state index in [9.17, 15) is 9.90 Å². The highest BCUT2D eigenvalue weighted by molar-refractivity contribution is 5.97. The minimum atomic E-state index is -0.240. The van der Waals surface area contributed by atoms with E-state index in [1.807, 2.05) is 0 Å². The number of rotatable bonds is 12. The summed E-state index contributed by atoms with van der Waals surface area (Å²) in [6.45, 7) is 2.04. The second kappa shape index (κ2) is 11.9. The van der Waals surface area contributed by atoms with Crippen LogP contribution in [0.15, 0.2) is 12.1 Å². The van der Waals surface area contributed by atoms with Crippen LogP contribution in [0.3, 0.4) is 0 Å². The predicted octanol–water partition coefficient (Wildman–Crippen LogP) is 3.53. The maximum atomic E-state index is 11.8. The Hall–Kier alpha value is -2.57. The number of benzene rings is 1. The summed E-state index contributed by atoms with van der Waals surface area (Å²) >= 11 is 0. The van der Waals surface area contributed by atoms with Gasteiger partial charge in [-0.05, 0) is 38.7 Å². The average molecular weight is 344 g/mol. The number of ketones is 1. The lowest BCUT2D eigenvalue weighted by molar-refractivity contribution is 0.101. The fourth-order valence-corrected chi connectivity index (χ4v) is 2.23. The summed E-state index contributed by atoms with van der Waals surface area (Å²) < 4.78 is 11.4. The molecule has 6 nitrogen and oxygen atoms in total. The molecule has 1 aromatic carbocycles. The van der Waals surface area contributed by atoms with Gasteiger partial charge in [-0.2, -0.15) is 10.5 Å². The lowest BCUT2D eigenvalue weighted by atomic mass is 10.1. The highest BCUT2D eigenvalue weighted by atomic mass is 16.5. The van der Waals surface area contributed by atoms with Crippen LogP contribution in [0.4, 0.5) is 0 Å². The molecule has 0 fully saturated rings. The average Bonchev–Trinajstić information content (AvgIpc) is 2.61. The second-order valence-electron chi connectivity index (χ2n) is 5.60. The van der Waals surface area contributed by atoms with Crippen molar-refractivity contribution in [1.29, 1.82) is 10.5 Å². The van der Waals surface area contributed by atoms with E-state index >= 15 is 0 Å². The third kappa shape index (κ3) is 7.24. The van der Waals surface area contributed by atoms with E-state index in [4.69, 9.17) is 20.0 Å². The van der Waals surface area contributed by atoms with Crippen LogP contribution in [0.2, 0.25) is 0 Å². The van der Waals surface area contributed by atoms with Crippen molar-refractivity contribution < 1.29 is 19.4 Å². The zero-order valence-corrected chi connectivity index (χ0v) is 14.6. The molecule has 1 aromatic rings. The number of aliphatic hydroxyl groups excluding tert-OH is 1. The van der Waals surface area contributed by atoms with Crippen molar-refractivity contribution in [3.05, 3.63) is 23.3 Å². The van der Waals surface area contributed by atoms with Crippen molar-refractivity contribution >= 4 is 5.78 Å². The smallest absolute Gasteiger partial charge is 0.163 e. The van der Waals surface area contributed by atoms with Crippen LogP contribution in [0.1, 0.15) is 61.4 Å². The van der Waals surface area contributed by atoms with Gasteiger partial charge in [-0.25, -0.2) is 0 Å². The predicted molar refractivity (Wildman–Crippen MR) is 92.3 cm³/mol. The van der Waals surface area contributed by atoms with E-state index in [-0.39, 0.29) is 12.4 Å². The van der Waals surface area contributed by atoms with Gasteiger partial charge in [0.05, 0.1) is 37.5 Å². The fourth-order valence-electron chi connectivity index (χ4n) is 2.23. The monoisotopic (exact) mass is 344 g/mol. The van der Waals surface area contributed by atoms with Crippen molar-refractivity contribution in [2.75, 3.05) is 13.2 Å². The quantitative estimate of drug-likeness (QED) is 0.459. The molecule has 0 aromatic heterocycles. The molecule has 0 spiro atoms. The Morgan fingerprint density at radius 3 is 2.04 bits per heavy atom. The van der Waals surface area contributed by atoms with Crippen molar-refractivity contribution in [3.8, 4) is 23.6 Å². The normalized spacial score (nSPS) is 9.92. The Morgan fingerprint density at radius 1 is 1.00 bits per heavy atom. The molecular weight excluding hydrogens is 320 g/mol. The number of aliphatic hydroxyl groups is 1. The molecule has 6 heteroatoms. The first-order valence-electron chi connectivity index (χ1n) is 8.42. The largest absolute Gasteiger partial charge is 0.493 e. The Balaban J connectivity index is 2.81.